The summed E-state index contributed by atoms with van der Waals surface area (Å²) in [7, 11) is 5.52. The van der Waals surface area contributed by atoms with Crippen LogP contribution in [0, 0.1) is 6.92 Å². The number of piperazine rings is 1. The van der Waals surface area contributed by atoms with E-state index < -0.39 is 0 Å². The number of aryl methyl sites for hydroxylation is 2. The Hall–Kier alpha value is -3.96. The molecule has 0 saturated carbocycles. The summed E-state index contributed by atoms with van der Waals surface area (Å²) < 4.78 is 7.00. The maximum absolute atomic E-state index is 13.3. The first-order chi connectivity index (χ1) is 18.2. The van der Waals surface area contributed by atoms with E-state index in [1.165, 1.54) is 0 Å². The van der Waals surface area contributed by atoms with Gasteiger partial charge in [-0.05, 0) is 39.4 Å². The zero-order chi connectivity index (χ0) is 27.0. The second kappa shape index (κ2) is 10.4. The van der Waals surface area contributed by atoms with Crippen LogP contribution >= 0.6 is 0 Å². The van der Waals surface area contributed by atoms with Gasteiger partial charge >= 0.3 is 0 Å². The molecule has 1 amide bonds. The van der Waals surface area contributed by atoms with Gasteiger partial charge in [-0.1, -0.05) is 12.1 Å². The summed E-state index contributed by atoms with van der Waals surface area (Å²) in [6, 6.07) is 5.99. The number of para-hydroxylation sites is 1. The lowest BCUT2D eigenvalue weighted by Crippen LogP contribution is -2.56. The minimum atomic E-state index is -0.231. The molecule has 4 aromatic rings. The van der Waals surface area contributed by atoms with E-state index in [0.717, 1.165) is 53.0 Å². The van der Waals surface area contributed by atoms with E-state index >= 15 is 0 Å². The molecule has 11 nitrogen and oxygen atoms in total. The van der Waals surface area contributed by atoms with Gasteiger partial charge in [0.05, 0.1) is 36.2 Å². The number of ether oxygens (including phenoxy) is 1. The maximum atomic E-state index is 13.3. The third-order valence-electron chi connectivity index (χ3n) is 7.19. The van der Waals surface area contributed by atoms with Crippen LogP contribution in [0.2, 0.25) is 0 Å². The third kappa shape index (κ3) is 4.94. The highest BCUT2D eigenvalue weighted by atomic mass is 16.5. The van der Waals surface area contributed by atoms with Gasteiger partial charge in [0, 0.05) is 56.1 Å². The van der Waals surface area contributed by atoms with E-state index in [0.29, 0.717) is 23.6 Å². The van der Waals surface area contributed by atoms with Crippen molar-refractivity contribution in [3.8, 4) is 17.1 Å². The van der Waals surface area contributed by atoms with Crippen molar-refractivity contribution in [3.05, 3.63) is 42.4 Å². The monoisotopic (exact) mass is 517 g/mol. The molecule has 2 atom stereocenters. The van der Waals surface area contributed by atoms with Crippen molar-refractivity contribution in [2.24, 2.45) is 7.05 Å². The van der Waals surface area contributed by atoms with Crippen molar-refractivity contribution in [2.45, 2.75) is 32.9 Å². The fraction of sp³-hybridized carbons (Fsp3) is 0.407. The normalized spacial score (nSPS) is 17.5. The highest BCUT2D eigenvalue weighted by Gasteiger charge is 2.30. The highest BCUT2D eigenvalue weighted by Crippen LogP contribution is 2.34. The molecule has 1 saturated heterocycles. The number of rotatable bonds is 7. The zero-order valence-electron chi connectivity index (χ0n) is 22.7. The number of hydrogen-bond donors (Lipinski definition) is 3. The lowest BCUT2D eigenvalue weighted by atomic mass is 10.1. The molecule has 3 aromatic heterocycles. The number of hydrogen-bond acceptors (Lipinski definition) is 8. The topological polar surface area (TPSA) is 116 Å². The molecular formula is C27H35N9O2. The molecule has 0 bridgehead atoms. The number of aromatic nitrogens is 5. The number of aromatic amines is 1. The fourth-order valence-electron chi connectivity index (χ4n) is 5.17. The van der Waals surface area contributed by atoms with Crippen molar-refractivity contribution in [1.29, 1.82) is 0 Å². The van der Waals surface area contributed by atoms with Gasteiger partial charge in [0.2, 0.25) is 11.9 Å². The van der Waals surface area contributed by atoms with Crippen molar-refractivity contribution in [2.75, 3.05) is 44.4 Å². The van der Waals surface area contributed by atoms with Crippen LogP contribution in [0.3, 0.4) is 0 Å². The highest BCUT2D eigenvalue weighted by molar-refractivity contribution is 6.06. The van der Waals surface area contributed by atoms with Gasteiger partial charge < -0.3 is 25.3 Å². The molecule has 1 aliphatic heterocycles. The number of H-pyrrole nitrogens is 1. The zero-order valence-corrected chi connectivity index (χ0v) is 22.7. The van der Waals surface area contributed by atoms with Gasteiger partial charge in [-0.25, -0.2) is 9.97 Å². The van der Waals surface area contributed by atoms with E-state index in [-0.39, 0.29) is 11.9 Å². The quantitative estimate of drug-likeness (QED) is 0.342. The molecule has 11 heteroatoms. The van der Waals surface area contributed by atoms with Crippen LogP contribution in [0.5, 0.6) is 5.88 Å². The Morgan fingerprint density at radius 2 is 2.05 bits per heavy atom. The number of benzene rings is 1. The van der Waals surface area contributed by atoms with Gasteiger partial charge in [-0.3, -0.25) is 14.4 Å². The van der Waals surface area contributed by atoms with E-state index in [1.807, 2.05) is 51.5 Å². The Morgan fingerprint density at radius 3 is 2.82 bits per heavy atom. The molecule has 200 valence electrons. The van der Waals surface area contributed by atoms with Crippen LogP contribution in [-0.2, 0) is 11.8 Å². The SMILES string of the molecule is COc1nn(C)cc1Nc1ncc(C)c(-c2c[nH]c3c(NC(=O)C(C)N4CCN(C)C[C@@H]4C)cccc23)n1. The number of methoxy groups -OCH3 is 1. The van der Waals surface area contributed by atoms with Crippen LogP contribution in [0.1, 0.15) is 19.4 Å². The van der Waals surface area contributed by atoms with Crippen LogP contribution in [-0.4, -0.2) is 86.3 Å². The first-order valence-electron chi connectivity index (χ1n) is 12.8. The summed E-state index contributed by atoms with van der Waals surface area (Å²) in [6.45, 7) is 8.92. The van der Waals surface area contributed by atoms with Crippen molar-refractivity contribution >= 4 is 34.1 Å². The van der Waals surface area contributed by atoms with E-state index in [2.05, 4.69) is 49.5 Å². The molecule has 3 N–H and O–H groups in total. The molecule has 1 aliphatic rings. The molecule has 4 heterocycles. The lowest BCUT2D eigenvalue weighted by molar-refractivity contribution is -0.122. The maximum Gasteiger partial charge on any atom is 0.256 e. The van der Waals surface area contributed by atoms with Gasteiger partial charge in [0.15, 0.2) is 0 Å². The van der Waals surface area contributed by atoms with E-state index in [9.17, 15) is 4.79 Å². The number of nitrogens with zero attached hydrogens (tertiary/aromatic N) is 6. The first kappa shape index (κ1) is 25.7. The molecule has 0 spiro atoms. The number of amides is 1. The van der Waals surface area contributed by atoms with E-state index in [1.54, 1.807) is 18.0 Å². The Labute approximate surface area is 222 Å². The summed E-state index contributed by atoms with van der Waals surface area (Å²) >= 11 is 0. The number of carbonyl (C=O) groups excluding carboxylic acids is 1. The molecule has 0 radical (unpaired) electrons. The van der Waals surface area contributed by atoms with Crippen molar-refractivity contribution in [1.82, 2.24) is 34.5 Å². The number of likely N-dealkylation sites (N-methyl/N-ethyl adjacent to an activating group) is 1. The average molecular weight is 518 g/mol. The molecule has 1 unspecified atom stereocenters. The van der Waals surface area contributed by atoms with Gasteiger partial charge in [0.25, 0.3) is 5.88 Å². The second-order valence-corrected chi connectivity index (χ2v) is 10.0. The minimum Gasteiger partial charge on any atom is -0.478 e. The van der Waals surface area contributed by atoms with Crippen LogP contribution in [0.25, 0.3) is 22.2 Å². The molecular weight excluding hydrogens is 482 g/mol. The fourth-order valence-corrected chi connectivity index (χ4v) is 5.17. The van der Waals surface area contributed by atoms with Gasteiger partial charge in [-0.15, -0.1) is 5.10 Å². The Morgan fingerprint density at radius 1 is 1.24 bits per heavy atom. The lowest BCUT2D eigenvalue weighted by Gasteiger charge is -2.41. The number of nitrogens with one attached hydrogen (secondary N) is 3. The van der Waals surface area contributed by atoms with Gasteiger partial charge in [-0.2, -0.15) is 0 Å². The van der Waals surface area contributed by atoms with Crippen LogP contribution in [0.15, 0.2) is 36.8 Å². The summed E-state index contributed by atoms with van der Waals surface area (Å²) in [5.41, 5.74) is 4.94. The largest absolute Gasteiger partial charge is 0.478 e. The summed E-state index contributed by atoms with van der Waals surface area (Å²) in [4.78, 5) is 30.5. The second-order valence-electron chi connectivity index (χ2n) is 10.0. The average Bonchev–Trinajstić information content (AvgIpc) is 3.48. The molecule has 1 aromatic carbocycles. The summed E-state index contributed by atoms with van der Waals surface area (Å²) in [5.74, 6) is 0.886. The van der Waals surface area contributed by atoms with Crippen molar-refractivity contribution < 1.29 is 9.53 Å². The number of fused-ring (bicyclic) bond motifs is 1. The third-order valence-corrected chi connectivity index (χ3v) is 7.19. The standard InChI is InChI=1S/C27H35N9O2/c1-16-12-29-27(31-22-15-35(5)33-26(22)38-6)32-23(16)20-13-28-24-19(20)8-7-9-21(24)30-25(37)18(3)36-11-10-34(4)14-17(36)2/h7-9,12-13,15,17-18,28H,10-11,14H2,1-6H3,(H,30,37)(H,29,31,32)/t17-,18?/m0/s1. The predicted octanol–water partition coefficient (Wildman–Crippen LogP) is 3.38. The van der Waals surface area contributed by atoms with Crippen molar-refractivity contribution in [3.63, 3.8) is 0 Å². The molecule has 1 fully saturated rings. The summed E-state index contributed by atoms with van der Waals surface area (Å²) in [5, 5.41) is 11.6. The smallest absolute Gasteiger partial charge is 0.256 e. The number of carbonyl (C=O) groups is 1. The molecule has 5 rings (SSSR count). The Bertz CT molecular complexity index is 1460. The summed E-state index contributed by atoms with van der Waals surface area (Å²) in [6.07, 6.45) is 5.53. The Kier molecular flexibility index (Phi) is 7.04. The Balaban J connectivity index is 1.41. The van der Waals surface area contributed by atoms with Gasteiger partial charge in [0.1, 0.15) is 5.69 Å². The first-order valence-corrected chi connectivity index (χ1v) is 12.8. The molecule has 0 aliphatic carbocycles. The predicted molar refractivity (Wildman–Crippen MR) is 149 cm³/mol. The number of anilines is 3. The minimum absolute atomic E-state index is 0.0137. The van der Waals surface area contributed by atoms with Crippen LogP contribution < -0.4 is 15.4 Å². The van der Waals surface area contributed by atoms with Crippen LogP contribution in [0.4, 0.5) is 17.3 Å². The van der Waals surface area contributed by atoms with E-state index in [4.69, 9.17) is 9.72 Å². The molecule has 38 heavy (non-hydrogen) atoms.